The molecule has 0 radical (unpaired) electrons. The Bertz CT molecular complexity index is 1400. The average molecular weight is 477 g/mol. The Kier molecular flexibility index (Phi) is 6.63. The molecule has 3 heterocycles. The van der Waals surface area contributed by atoms with Crippen molar-refractivity contribution in [2.24, 2.45) is 0 Å². The minimum Gasteiger partial charge on any atom is -0.494 e. The first-order valence-electron chi connectivity index (χ1n) is 10.8. The average Bonchev–Trinajstić information content (AvgIpc) is 3.30. The number of aromatic nitrogens is 3. The van der Waals surface area contributed by atoms with Gasteiger partial charge in [0.05, 0.1) is 31.7 Å². The van der Waals surface area contributed by atoms with E-state index in [-0.39, 0.29) is 11.7 Å². The van der Waals surface area contributed by atoms with Gasteiger partial charge in [-0.15, -0.1) is 0 Å². The highest BCUT2D eigenvalue weighted by Crippen LogP contribution is 2.27. The van der Waals surface area contributed by atoms with E-state index in [1.54, 1.807) is 47.8 Å². The standard InChI is InChI=1S/C25H24FN5O4/c1-5-30(18-7-8-19(26)21(11-18)34-3)24(32)17-10-15(2)23-28-13-20(31(23)14-17)16-6-9-22(27-12-16)29-25(33)35-4/h6-14H,5H2,1-4H3,(H,27,29,33). The van der Waals surface area contributed by atoms with Crippen molar-refractivity contribution in [1.82, 2.24) is 14.4 Å². The third-order valence-corrected chi connectivity index (χ3v) is 5.52. The molecule has 10 heteroatoms. The fraction of sp³-hybridized carbons (Fsp3) is 0.200. The number of halogens is 1. The highest BCUT2D eigenvalue weighted by atomic mass is 19.1. The van der Waals surface area contributed by atoms with Gasteiger partial charge in [-0.2, -0.15) is 0 Å². The van der Waals surface area contributed by atoms with Gasteiger partial charge in [-0.25, -0.2) is 19.2 Å². The summed E-state index contributed by atoms with van der Waals surface area (Å²) in [5.74, 6) is -0.340. The molecular weight excluding hydrogens is 453 g/mol. The number of carbonyl (C=O) groups is 2. The zero-order chi connectivity index (χ0) is 25.1. The smallest absolute Gasteiger partial charge is 0.412 e. The van der Waals surface area contributed by atoms with Gasteiger partial charge < -0.3 is 14.4 Å². The van der Waals surface area contributed by atoms with Crippen LogP contribution in [-0.4, -0.2) is 47.1 Å². The van der Waals surface area contributed by atoms with E-state index in [2.05, 4.69) is 20.0 Å². The Morgan fingerprint density at radius 2 is 1.91 bits per heavy atom. The van der Waals surface area contributed by atoms with E-state index in [9.17, 15) is 14.0 Å². The van der Waals surface area contributed by atoms with Gasteiger partial charge in [-0.3, -0.25) is 14.5 Å². The Morgan fingerprint density at radius 3 is 2.57 bits per heavy atom. The molecule has 0 atom stereocenters. The number of pyridine rings is 2. The first-order chi connectivity index (χ1) is 16.9. The van der Waals surface area contributed by atoms with E-state index < -0.39 is 11.9 Å². The molecule has 1 N–H and O–H groups in total. The summed E-state index contributed by atoms with van der Waals surface area (Å²) in [6.07, 6.45) is 4.40. The Hall–Kier alpha value is -4.47. The topological polar surface area (TPSA) is 98.1 Å². The fourth-order valence-corrected chi connectivity index (χ4v) is 3.78. The third-order valence-electron chi connectivity index (χ3n) is 5.52. The van der Waals surface area contributed by atoms with Crippen LogP contribution in [0.3, 0.4) is 0 Å². The second-order valence-corrected chi connectivity index (χ2v) is 7.67. The maximum atomic E-state index is 13.9. The Morgan fingerprint density at radius 1 is 1.11 bits per heavy atom. The van der Waals surface area contributed by atoms with Crippen molar-refractivity contribution in [1.29, 1.82) is 0 Å². The number of rotatable bonds is 6. The summed E-state index contributed by atoms with van der Waals surface area (Å²) < 4.78 is 25.4. The van der Waals surface area contributed by atoms with Gasteiger partial charge in [-0.1, -0.05) is 0 Å². The second kappa shape index (κ2) is 9.80. The van der Waals surface area contributed by atoms with Crippen LogP contribution in [0.5, 0.6) is 5.75 Å². The molecule has 4 rings (SSSR count). The summed E-state index contributed by atoms with van der Waals surface area (Å²) in [6.45, 7) is 4.10. The molecule has 9 nitrogen and oxygen atoms in total. The Balaban J connectivity index is 1.71. The van der Waals surface area contributed by atoms with Gasteiger partial charge in [0.15, 0.2) is 11.6 Å². The molecule has 3 aromatic heterocycles. The maximum Gasteiger partial charge on any atom is 0.412 e. The van der Waals surface area contributed by atoms with E-state index in [0.29, 0.717) is 29.3 Å². The van der Waals surface area contributed by atoms with Crippen molar-refractivity contribution in [2.75, 3.05) is 31.0 Å². The molecule has 2 amide bonds. The molecule has 0 saturated heterocycles. The number of nitrogens with one attached hydrogen (secondary N) is 1. The number of ether oxygens (including phenoxy) is 2. The second-order valence-electron chi connectivity index (χ2n) is 7.67. The summed E-state index contributed by atoms with van der Waals surface area (Å²) >= 11 is 0. The number of aryl methyl sites for hydroxylation is 1. The van der Waals surface area contributed by atoms with Crippen LogP contribution in [0.25, 0.3) is 16.9 Å². The SMILES string of the molecule is CCN(C(=O)c1cc(C)c2ncc(-c3ccc(NC(=O)OC)nc3)n2c1)c1ccc(F)c(OC)c1. The van der Waals surface area contributed by atoms with E-state index in [1.165, 1.54) is 26.4 Å². The summed E-state index contributed by atoms with van der Waals surface area (Å²) in [4.78, 5) is 35.2. The largest absolute Gasteiger partial charge is 0.494 e. The first-order valence-corrected chi connectivity index (χ1v) is 10.8. The van der Waals surface area contributed by atoms with Gasteiger partial charge in [0, 0.05) is 36.3 Å². The zero-order valence-electron chi connectivity index (χ0n) is 19.7. The van der Waals surface area contributed by atoms with Crippen LogP contribution in [0.15, 0.2) is 55.0 Å². The lowest BCUT2D eigenvalue weighted by Crippen LogP contribution is -2.31. The number of hydrogen-bond acceptors (Lipinski definition) is 6. The predicted octanol–water partition coefficient (Wildman–Crippen LogP) is 4.70. The molecule has 0 aliphatic heterocycles. The minimum absolute atomic E-state index is 0.0647. The van der Waals surface area contributed by atoms with Crippen LogP contribution in [-0.2, 0) is 4.74 Å². The molecule has 0 aliphatic rings. The summed E-state index contributed by atoms with van der Waals surface area (Å²) in [5, 5.41) is 2.50. The van der Waals surface area contributed by atoms with Gasteiger partial charge in [-0.05, 0) is 49.7 Å². The normalized spacial score (nSPS) is 10.8. The number of nitrogens with zero attached hydrogens (tertiary/aromatic N) is 4. The number of hydrogen-bond donors (Lipinski definition) is 1. The number of carbonyl (C=O) groups excluding carboxylic acids is 2. The lowest BCUT2D eigenvalue weighted by Gasteiger charge is -2.22. The fourth-order valence-electron chi connectivity index (χ4n) is 3.78. The quantitative estimate of drug-likeness (QED) is 0.432. The van der Waals surface area contributed by atoms with Crippen molar-refractivity contribution in [3.8, 4) is 17.0 Å². The Labute approximate surface area is 201 Å². The highest BCUT2D eigenvalue weighted by Gasteiger charge is 2.20. The molecule has 1 aromatic carbocycles. The van der Waals surface area contributed by atoms with Crippen LogP contribution in [0.1, 0.15) is 22.8 Å². The number of anilines is 2. The molecule has 0 spiro atoms. The predicted molar refractivity (Wildman–Crippen MR) is 129 cm³/mol. The molecule has 35 heavy (non-hydrogen) atoms. The van der Waals surface area contributed by atoms with Crippen molar-refractivity contribution < 1.29 is 23.5 Å². The van der Waals surface area contributed by atoms with Crippen molar-refractivity contribution in [2.45, 2.75) is 13.8 Å². The van der Waals surface area contributed by atoms with Crippen LogP contribution in [0, 0.1) is 12.7 Å². The minimum atomic E-state index is -0.613. The number of benzene rings is 1. The first kappa shape index (κ1) is 23.7. The highest BCUT2D eigenvalue weighted by molar-refractivity contribution is 6.06. The summed E-state index contributed by atoms with van der Waals surface area (Å²) in [6, 6.07) is 9.53. The van der Waals surface area contributed by atoms with Gasteiger partial charge in [0.25, 0.3) is 5.91 Å². The molecule has 0 saturated carbocycles. The van der Waals surface area contributed by atoms with Crippen LogP contribution in [0.4, 0.5) is 20.7 Å². The van der Waals surface area contributed by atoms with Crippen molar-refractivity contribution >= 4 is 29.2 Å². The van der Waals surface area contributed by atoms with Gasteiger partial charge in [0.1, 0.15) is 11.5 Å². The lowest BCUT2D eigenvalue weighted by molar-refractivity contribution is 0.0987. The van der Waals surface area contributed by atoms with Crippen molar-refractivity contribution in [3.63, 3.8) is 0 Å². The summed E-state index contributed by atoms with van der Waals surface area (Å²) in [7, 11) is 2.65. The lowest BCUT2D eigenvalue weighted by atomic mass is 10.1. The molecule has 0 fully saturated rings. The van der Waals surface area contributed by atoms with Gasteiger partial charge in [0.2, 0.25) is 0 Å². The number of amides is 2. The van der Waals surface area contributed by atoms with E-state index >= 15 is 0 Å². The molecule has 180 valence electrons. The number of methoxy groups -OCH3 is 2. The number of imidazole rings is 1. The van der Waals surface area contributed by atoms with Gasteiger partial charge >= 0.3 is 6.09 Å². The molecule has 0 unspecified atom stereocenters. The van der Waals surface area contributed by atoms with E-state index in [4.69, 9.17) is 4.74 Å². The van der Waals surface area contributed by atoms with Crippen LogP contribution in [0.2, 0.25) is 0 Å². The summed E-state index contributed by atoms with van der Waals surface area (Å²) in [5.41, 5.74) is 3.94. The monoisotopic (exact) mass is 477 g/mol. The zero-order valence-corrected chi connectivity index (χ0v) is 19.7. The van der Waals surface area contributed by atoms with Crippen molar-refractivity contribution in [3.05, 3.63) is 71.9 Å². The number of fused-ring (bicyclic) bond motifs is 1. The maximum absolute atomic E-state index is 13.9. The van der Waals surface area contributed by atoms with E-state index in [0.717, 1.165) is 16.8 Å². The van der Waals surface area contributed by atoms with E-state index in [1.807, 2.05) is 18.2 Å². The molecule has 0 bridgehead atoms. The molecule has 0 aliphatic carbocycles. The molecular formula is C25H24FN5O4. The molecule has 4 aromatic rings. The third kappa shape index (κ3) is 4.63. The van der Waals surface area contributed by atoms with Crippen LogP contribution < -0.4 is 15.0 Å². The van der Waals surface area contributed by atoms with Crippen LogP contribution >= 0.6 is 0 Å².